The molecule has 1 aliphatic rings. The molecule has 0 bridgehead atoms. The Kier molecular flexibility index (Phi) is 4.63. The van der Waals surface area contributed by atoms with Gasteiger partial charge in [-0.1, -0.05) is 0 Å². The number of carbonyl (C=O) groups excluding carboxylic acids is 1. The van der Waals surface area contributed by atoms with Crippen molar-refractivity contribution in [3.8, 4) is 0 Å². The fraction of sp³-hybridized carbons (Fsp3) is 0.500. The number of amides is 1. The fourth-order valence-electron chi connectivity index (χ4n) is 2.46. The third-order valence-corrected chi connectivity index (χ3v) is 4.31. The number of hydrogen-bond donors (Lipinski definition) is 0. The molecule has 1 heterocycles. The van der Waals surface area contributed by atoms with Crippen LogP contribution >= 0.6 is 15.9 Å². The van der Waals surface area contributed by atoms with E-state index in [4.69, 9.17) is 0 Å². The molecule has 1 aromatic rings. The topological polar surface area (TPSA) is 23.6 Å². The molecule has 0 N–H and O–H groups in total. The summed E-state index contributed by atoms with van der Waals surface area (Å²) in [6.07, 6.45) is -4.45. The molecule has 1 amide bonds. The van der Waals surface area contributed by atoms with Crippen LogP contribution in [0.4, 0.5) is 13.2 Å². The van der Waals surface area contributed by atoms with Crippen LogP contribution in [0.1, 0.15) is 22.8 Å². The first kappa shape index (κ1) is 16.3. The normalized spacial score (nSPS) is 20.7. The Morgan fingerprint density at radius 3 is 2.57 bits per heavy atom. The molecule has 0 spiro atoms. The van der Waals surface area contributed by atoms with Gasteiger partial charge in [0.15, 0.2) is 0 Å². The van der Waals surface area contributed by atoms with E-state index >= 15 is 0 Å². The van der Waals surface area contributed by atoms with Crippen LogP contribution < -0.4 is 0 Å². The van der Waals surface area contributed by atoms with Crippen LogP contribution in [0.3, 0.4) is 0 Å². The average Bonchev–Trinajstić information content (AvgIpc) is 2.37. The first-order valence-electron chi connectivity index (χ1n) is 6.56. The molecule has 0 aromatic heterocycles. The lowest BCUT2D eigenvalue weighted by atomic mass is 10.1. The number of rotatable bonds is 1. The van der Waals surface area contributed by atoms with Gasteiger partial charge in [-0.05, 0) is 48.1 Å². The minimum Gasteiger partial charge on any atom is -0.333 e. The van der Waals surface area contributed by atoms with Crippen LogP contribution in [0.5, 0.6) is 0 Å². The average molecular weight is 365 g/mol. The molecule has 1 fully saturated rings. The molecular weight excluding hydrogens is 349 g/mol. The lowest BCUT2D eigenvalue weighted by molar-refractivity contribution is -0.137. The van der Waals surface area contributed by atoms with E-state index in [9.17, 15) is 18.0 Å². The summed E-state index contributed by atoms with van der Waals surface area (Å²) in [7, 11) is 1.96. The van der Waals surface area contributed by atoms with Gasteiger partial charge >= 0.3 is 6.18 Å². The largest absolute Gasteiger partial charge is 0.416 e. The number of halogens is 4. The Morgan fingerprint density at radius 1 is 1.33 bits per heavy atom. The molecule has 0 radical (unpaired) electrons. The van der Waals surface area contributed by atoms with Crippen LogP contribution in [-0.4, -0.2) is 48.4 Å². The number of carbonyl (C=O) groups is 1. The van der Waals surface area contributed by atoms with Crippen molar-refractivity contribution in [1.29, 1.82) is 0 Å². The molecule has 21 heavy (non-hydrogen) atoms. The van der Waals surface area contributed by atoms with Gasteiger partial charge in [0.1, 0.15) is 0 Å². The van der Waals surface area contributed by atoms with E-state index < -0.39 is 11.7 Å². The van der Waals surface area contributed by atoms with Gasteiger partial charge in [0.25, 0.3) is 5.91 Å². The third kappa shape index (κ3) is 3.58. The van der Waals surface area contributed by atoms with E-state index in [1.165, 1.54) is 6.07 Å². The number of likely N-dealkylation sites (N-methyl/N-ethyl adjacent to an activating group) is 1. The summed E-state index contributed by atoms with van der Waals surface area (Å²) in [4.78, 5) is 16.2. The van der Waals surface area contributed by atoms with Gasteiger partial charge in [0.05, 0.1) is 11.1 Å². The zero-order valence-corrected chi connectivity index (χ0v) is 13.3. The van der Waals surface area contributed by atoms with E-state index in [0.717, 1.165) is 12.1 Å². The fourth-order valence-corrected chi connectivity index (χ4v) is 2.88. The van der Waals surface area contributed by atoms with Crippen molar-refractivity contribution in [2.45, 2.75) is 19.1 Å². The van der Waals surface area contributed by atoms with Gasteiger partial charge in [-0.25, -0.2) is 0 Å². The predicted molar refractivity (Wildman–Crippen MR) is 77.1 cm³/mol. The molecular formula is C14H16BrF3N2O. The second kappa shape index (κ2) is 5.96. The quantitative estimate of drug-likeness (QED) is 0.763. The van der Waals surface area contributed by atoms with Crippen LogP contribution in [0.2, 0.25) is 0 Å². The number of hydrogen-bond acceptors (Lipinski definition) is 2. The van der Waals surface area contributed by atoms with Crippen LogP contribution in [0.25, 0.3) is 0 Å². The van der Waals surface area contributed by atoms with Gasteiger partial charge in [-0.3, -0.25) is 4.79 Å². The highest BCUT2D eigenvalue weighted by Crippen LogP contribution is 2.32. The first-order chi connectivity index (χ1) is 9.70. The van der Waals surface area contributed by atoms with E-state index in [2.05, 4.69) is 20.8 Å². The summed E-state index contributed by atoms with van der Waals surface area (Å²) in [6, 6.07) is 3.13. The monoisotopic (exact) mass is 364 g/mol. The van der Waals surface area contributed by atoms with Gasteiger partial charge in [0, 0.05) is 30.1 Å². The highest BCUT2D eigenvalue weighted by Gasteiger charge is 2.33. The molecule has 0 saturated carbocycles. The molecule has 3 nitrogen and oxygen atoms in total. The predicted octanol–water partition coefficient (Wildman–Crippen LogP) is 3.24. The van der Waals surface area contributed by atoms with Gasteiger partial charge in [0.2, 0.25) is 0 Å². The van der Waals surface area contributed by atoms with Crippen molar-refractivity contribution in [2.24, 2.45) is 0 Å². The zero-order valence-electron chi connectivity index (χ0n) is 11.7. The molecule has 1 atom stereocenters. The molecule has 1 aromatic carbocycles. The van der Waals surface area contributed by atoms with Gasteiger partial charge in [-0.2, -0.15) is 13.2 Å². The smallest absolute Gasteiger partial charge is 0.333 e. The first-order valence-corrected chi connectivity index (χ1v) is 7.35. The molecule has 7 heteroatoms. The van der Waals surface area contributed by atoms with Crippen molar-refractivity contribution < 1.29 is 18.0 Å². The van der Waals surface area contributed by atoms with E-state index in [-0.39, 0.29) is 17.5 Å². The van der Waals surface area contributed by atoms with Crippen molar-refractivity contribution in [1.82, 2.24) is 9.80 Å². The Balaban J connectivity index is 2.30. The summed E-state index contributed by atoms with van der Waals surface area (Å²) >= 11 is 3.17. The molecule has 1 unspecified atom stereocenters. The number of piperazine rings is 1. The number of benzene rings is 1. The zero-order chi connectivity index (χ0) is 15.8. The van der Waals surface area contributed by atoms with E-state index in [1.807, 2.05) is 14.0 Å². The summed E-state index contributed by atoms with van der Waals surface area (Å²) in [6.45, 7) is 3.84. The Labute approximate surface area is 129 Å². The van der Waals surface area contributed by atoms with E-state index in [1.54, 1.807) is 4.90 Å². The number of nitrogens with zero attached hydrogens (tertiary/aromatic N) is 2. The number of alkyl halides is 3. The molecule has 1 saturated heterocycles. The Hall–Kier alpha value is -1.08. The standard InChI is InChI=1S/C14H16BrF3N2O/c1-9-8-19(2)5-6-20(9)13(21)11-7-10(14(16,17)18)3-4-12(11)15/h3-4,7,9H,5-6,8H2,1-2H3. The maximum Gasteiger partial charge on any atom is 0.416 e. The Morgan fingerprint density at radius 2 is 2.00 bits per heavy atom. The van der Waals surface area contributed by atoms with Crippen molar-refractivity contribution in [3.05, 3.63) is 33.8 Å². The maximum absolute atomic E-state index is 12.8. The maximum atomic E-state index is 12.8. The Bertz CT molecular complexity index is 548. The summed E-state index contributed by atoms with van der Waals surface area (Å²) < 4.78 is 38.7. The summed E-state index contributed by atoms with van der Waals surface area (Å²) in [5.41, 5.74) is -0.753. The van der Waals surface area contributed by atoms with Crippen molar-refractivity contribution >= 4 is 21.8 Å². The molecule has 116 valence electrons. The van der Waals surface area contributed by atoms with Crippen molar-refractivity contribution in [2.75, 3.05) is 26.7 Å². The molecule has 2 rings (SSSR count). The lowest BCUT2D eigenvalue weighted by Crippen LogP contribution is -2.52. The highest BCUT2D eigenvalue weighted by atomic mass is 79.9. The van der Waals surface area contributed by atoms with Crippen LogP contribution in [0, 0.1) is 0 Å². The van der Waals surface area contributed by atoms with Crippen LogP contribution in [0.15, 0.2) is 22.7 Å². The minimum atomic E-state index is -4.45. The molecule has 0 aliphatic carbocycles. The minimum absolute atomic E-state index is 0.0299. The van der Waals surface area contributed by atoms with Crippen LogP contribution in [-0.2, 0) is 6.18 Å². The van der Waals surface area contributed by atoms with E-state index in [0.29, 0.717) is 24.1 Å². The summed E-state index contributed by atoms with van der Waals surface area (Å²) in [5.74, 6) is -0.367. The third-order valence-electron chi connectivity index (χ3n) is 3.62. The highest BCUT2D eigenvalue weighted by molar-refractivity contribution is 9.10. The SMILES string of the molecule is CC1CN(C)CCN1C(=O)c1cc(C(F)(F)F)ccc1Br. The molecule has 1 aliphatic heterocycles. The summed E-state index contributed by atoms with van der Waals surface area (Å²) in [5, 5.41) is 0. The van der Waals surface area contributed by atoms with Crippen molar-refractivity contribution in [3.63, 3.8) is 0 Å². The van der Waals surface area contributed by atoms with Gasteiger partial charge in [-0.15, -0.1) is 0 Å². The second-order valence-electron chi connectivity index (χ2n) is 5.30. The van der Waals surface area contributed by atoms with Gasteiger partial charge < -0.3 is 9.80 Å². The second-order valence-corrected chi connectivity index (χ2v) is 6.16. The lowest BCUT2D eigenvalue weighted by Gasteiger charge is -2.38.